The number of H-pyrrole nitrogens is 1. The number of hydrogen-bond donors (Lipinski definition) is 1. The van der Waals surface area contributed by atoms with Crippen LogP contribution in [0.25, 0.3) is 27.8 Å². The normalized spacial score (nSPS) is 11.5. The molecule has 0 saturated carbocycles. The lowest BCUT2D eigenvalue weighted by Gasteiger charge is -2.02. The van der Waals surface area contributed by atoms with Crippen molar-refractivity contribution in [3.63, 3.8) is 0 Å². The second kappa shape index (κ2) is 3.86. The highest BCUT2D eigenvalue weighted by Crippen LogP contribution is 2.24. The largest absolute Gasteiger partial charge is 0.275 e. The molecule has 0 spiro atoms. The predicted molar refractivity (Wildman–Crippen MR) is 72.8 cm³/mol. The molecule has 0 aliphatic heterocycles. The molecule has 0 fully saturated rings. The van der Waals surface area contributed by atoms with Crippen LogP contribution >= 0.6 is 0 Å². The fourth-order valence-corrected chi connectivity index (χ4v) is 2.32. The Bertz CT molecular complexity index is 937. The minimum absolute atomic E-state index is 0.335. The van der Waals surface area contributed by atoms with Crippen molar-refractivity contribution in [3.05, 3.63) is 48.2 Å². The zero-order chi connectivity index (χ0) is 13.7. The highest BCUT2D eigenvalue weighted by atomic mass is 19.1. The van der Waals surface area contributed by atoms with Crippen LogP contribution in [0.4, 0.5) is 4.39 Å². The van der Waals surface area contributed by atoms with Crippen molar-refractivity contribution in [2.75, 3.05) is 0 Å². The standard InChI is InChI=1S/C14H10FN5/c1-8-7-20-13(17-8)3-2-12(19-20)9-4-10-6-16-18-14(10)11(15)5-9/h2-7H,1H3,(H,16,18). The molecule has 3 heterocycles. The molecule has 0 saturated heterocycles. The van der Waals surface area contributed by atoms with Gasteiger partial charge in [-0.25, -0.2) is 13.9 Å². The van der Waals surface area contributed by atoms with E-state index in [4.69, 9.17) is 0 Å². The lowest BCUT2D eigenvalue weighted by Crippen LogP contribution is -1.93. The van der Waals surface area contributed by atoms with Gasteiger partial charge >= 0.3 is 0 Å². The average Bonchev–Trinajstić information content (AvgIpc) is 3.02. The number of aromatic nitrogens is 5. The quantitative estimate of drug-likeness (QED) is 0.577. The van der Waals surface area contributed by atoms with Gasteiger partial charge in [0.1, 0.15) is 11.3 Å². The van der Waals surface area contributed by atoms with Gasteiger partial charge in [-0.15, -0.1) is 0 Å². The Hall–Kier alpha value is -2.76. The Labute approximate surface area is 113 Å². The van der Waals surface area contributed by atoms with E-state index in [9.17, 15) is 4.39 Å². The molecule has 1 N–H and O–H groups in total. The number of rotatable bonds is 1. The summed E-state index contributed by atoms with van der Waals surface area (Å²) in [6.07, 6.45) is 3.44. The fourth-order valence-electron chi connectivity index (χ4n) is 2.32. The number of imidazole rings is 1. The molecular formula is C14H10FN5. The summed E-state index contributed by atoms with van der Waals surface area (Å²) in [6, 6.07) is 7.02. The summed E-state index contributed by atoms with van der Waals surface area (Å²) in [4.78, 5) is 4.32. The molecule has 5 nitrogen and oxygen atoms in total. The van der Waals surface area contributed by atoms with E-state index in [-0.39, 0.29) is 5.82 Å². The first-order valence-corrected chi connectivity index (χ1v) is 6.17. The van der Waals surface area contributed by atoms with Crippen LogP contribution in [0, 0.1) is 12.7 Å². The highest BCUT2D eigenvalue weighted by molar-refractivity contribution is 5.83. The lowest BCUT2D eigenvalue weighted by molar-refractivity contribution is 0.636. The second-order valence-electron chi connectivity index (χ2n) is 4.70. The van der Waals surface area contributed by atoms with Crippen LogP contribution in [0.3, 0.4) is 0 Å². The van der Waals surface area contributed by atoms with E-state index in [1.807, 2.05) is 31.3 Å². The summed E-state index contributed by atoms with van der Waals surface area (Å²) in [7, 11) is 0. The molecular weight excluding hydrogens is 257 g/mol. The van der Waals surface area contributed by atoms with Gasteiger partial charge in [-0.05, 0) is 31.2 Å². The van der Waals surface area contributed by atoms with Gasteiger partial charge in [0.25, 0.3) is 0 Å². The zero-order valence-corrected chi connectivity index (χ0v) is 10.6. The maximum absolute atomic E-state index is 14.0. The van der Waals surface area contributed by atoms with Crippen molar-refractivity contribution in [1.82, 2.24) is 24.8 Å². The first-order valence-electron chi connectivity index (χ1n) is 6.17. The van der Waals surface area contributed by atoms with Crippen LogP contribution in [-0.2, 0) is 0 Å². The summed E-state index contributed by atoms with van der Waals surface area (Å²) >= 11 is 0. The number of benzene rings is 1. The monoisotopic (exact) mass is 267 g/mol. The second-order valence-corrected chi connectivity index (χ2v) is 4.70. The molecule has 0 unspecified atom stereocenters. The van der Waals surface area contributed by atoms with E-state index in [1.165, 1.54) is 6.07 Å². The molecule has 20 heavy (non-hydrogen) atoms. The first-order chi connectivity index (χ1) is 9.70. The van der Waals surface area contributed by atoms with Gasteiger partial charge in [-0.2, -0.15) is 10.2 Å². The SMILES string of the molecule is Cc1cn2nc(-c3cc(F)c4[nH]ncc4c3)ccc2n1. The Morgan fingerprint density at radius 1 is 1.25 bits per heavy atom. The van der Waals surface area contributed by atoms with E-state index < -0.39 is 0 Å². The molecule has 0 amide bonds. The molecule has 0 bridgehead atoms. The molecule has 0 radical (unpaired) electrons. The zero-order valence-electron chi connectivity index (χ0n) is 10.6. The summed E-state index contributed by atoms with van der Waals surface area (Å²) in [5.41, 5.74) is 3.48. The number of aromatic amines is 1. The number of fused-ring (bicyclic) bond motifs is 2. The van der Waals surface area contributed by atoms with Crippen molar-refractivity contribution < 1.29 is 4.39 Å². The molecule has 6 heteroatoms. The number of nitrogens with one attached hydrogen (secondary N) is 1. The van der Waals surface area contributed by atoms with Crippen molar-refractivity contribution in [2.24, 2.45) is 0 Å². The van der Waals surface area contributed by atoms with Crippen LogP contribution in [-0.4, -0.2) is 24.8 Å². The first kappa shape index (κ1) is 11.1. The Morgan fingerprint density at radius 2 is 2.15 bits per heavy atom. The van der Waals surface area contributed by atoms with E-state index >= 15 is 0 Å². The van der Waals surface area contributed by atoms with Gasteiger partial charge in [-0.1, -0.05) is 0 Å². The summed E-state index contributed by atoms with van der Waals surface area (Å²) in [5.74, 6) is -0.335. The molecule has 3 aromatic heterocycles. The molecule has 0 atom stereocenters. The average molecular weight is 267 g/mol. The maximum Gasteiger partial charge on any atom is 0.153 e. The minimum atomic E-state index is -0.335. The Kier molecular flexibility index (Phi) is 2.14. The number of hydrogen-bond acceptors (Lipinski definition) is 3. The van der Waals surface area contributed by atoms with Crippen molar-refractivity contribution in [3.8, 4) is 11.3 Å². The van der Waals surface area contributed by atoms with Gasteiger partial charge in [-0.3, -0.25) is 5.10 Å². The molecule has 98 valence electrons. The van der Waals surface area contributed by atoms with E-state index in [2.05, 4.69) is 20.3 Å². The smallest absolute Gasteiger partial charge is 0.153 e. The lowest BCUT2D eigenvalue weighted by atomic mass is 10.1. The topological polar surface area (TPSA) is 58.9 Å². The van der Waals surface area contributed by atoms with Crippen LogP contribution < -0.4 is 0 Å². The van der Waals surface area contributed by atoms with E-state index in [0.717, 1.165) is 16.7 Å². The summed E-state index contributed by atoms with van der Waals surface area (Å²) < 4.78 is 15.7. The third-order valence-corrected chi connectivity index (χ3v) is 3.24. The van der Waals surface area contributed by atoms with E-state index in [0.29, 0.717) is 16.8 Å². The molecule has 4 rings (SSSR count). The number of halogens is 1. The van der Waals surface area contributed by atoms with Crippen LogP contribution in [0.1, 0.15) is 5.69 Å². The van der Waals surface area contributed by atoms with Gasteiger partial charge in [0, 0.05) is 10.9 Å². The summed E-state index contributed by atoms with van der Waals surface area (Å²) in [6.45, 7) is 1.91. The highest BCUT2D eigenvalue weighted by Gasteiger charge is 2.09. The number of aryl methyl sites for hydroxylation is 1. The van der Waals surface area contributed by atoms with Crippen LogP contribution in [0.5, 0.6) is 0 Å². The van der Waals surface area contributed by atoms with Gasteiger partial charge < -0.3 is 0 Å². The molecule has 4 aromatic rings. The Morgan fingerprint density at radius 3 is 3.05 bits per heavy atom. The summed E-state index contributed by atoms with van der Waals surface area (Å²) in [5, 5.41) is 11.7. The predicted octanol–water partition coefficient (Wildman–Crippen LogP) is 2.72. The van der Waals surface area contributed by atoms with Crippen LogP contribution in [0.2, 0.25) is 0 Å². The van der Waals surface area contributed by atoms with E-state index in [1.54, 1.807) is 10.7 Å². The van der Waals surface area contributed by atoms with Crippen molar-refractivity contribution in [2.45, 2.75) is 6.92 Å². The Balaban J connectivity index is 1.95. The number of nitrogens with zero attached hydrogens (tertiary/aromatic N) is 4. The van der Waals surface area contributed by atoms with Crippen LogP contribution in [0.15, 0.2) is 36.7 Å². The third-order valence-electron chi connectivity index (χ3n) is 3.24. The van der Waals surface area contributed by atoms with Gasteiger partial charge in [0.05, 0.1) is 23.8 Å². The minimum Gasteiger partial charge on any atom is -0.275 e. The maximum atomic E-state index is 14.0. The molecule has 1 aromatic carbocycles. The van der Waals surface area contributed by atoms with Crippen molar-refractivity contribution >= 4 is 16.6 Å². The van der Waals surface area contributed by atoms with Crippen molar-refractivity contribution in [1.29, 1.82) is 0 Å². The fraction of sp³-hybridized carbons (Fsp3) is 0.0714. The third kappa shape index (κ3) is 1.58. The van der Waals surface area contributed by atoms with Gasteiger partial charge in [0.15, 0.2) is 5.65 Å². The molecule has 0 aliphatic rings. The molecule has 0 aliphatic carbocycles. The van der Waals surface area contributed by atoms with Gasteiger partial charge in [0.2, 0.25) is 0 Å².